The summed E-state index contributed by atoms with van der Waals surface area (Å²) in [5.74, 6) is 0.958. The lowest BCUT2D eigenvalue weighted by atomic mass is 10.1. The lowest BCUT2D eigenvalue weighted by Crippen LogP contribution is -2.19. The minimum Gasteiger partial charge on any atom is -0.488 e. The molecule has 0 saturated carbocycles. The van der Waals surface area contributed by atoms with Crippen molar-refractivity contribution in [2.45, 2.75) is 20.0 Å². The first-order chi connectivity index (χ1) is 9.81. The molecule has 0 unspecified atom stereocenters. The van der Waals surface area contributed by atoms with E-state index in [1.165, 1.54) is 22.0 Å². The van der Waals surface area contributed by atoms with Crippen LogP contribution < -0.4 is 20.5 Å². The fourth-order valence-corrected chi connectivity index (χ4v) is 2.62. The van der Waals surface area contributed by atoms with E-state index in [1.54, 1.807) is 0 Å². The molecular formula is C18H19NO. The number of fused-ring (bicyclic) bond motifs is 2. The molecule has 20 heavy (non-hydrogen) atoms. The Morgan fingerprint density at radius 2 is 2.05 bits per heavy atom. The summed E-state index contributed by atoms with van der Waals surface area (Å²) in [4.78, 5) is 0. The van der Waals surface area contributed by atoms with Crippen molar-refractivity contribution in [3.63, 3.8) is 0 Å². The van der Waals surface area contributed by atoms with Gasteiger partial charge in [-0.2, -0.15) is 0 Å². The van der Waals surface area contributed by atoms with Crippen LogP contribution in [0.15, 0.2) is 42.5 Å². The van der Waals surface area contributed by atoms with Crippen LogP contribution in [0, 0.1) is 0 Å². The van der Waals surface area contributed by atoms with Gasteiger partial charge in [0.05, 0.1) is 0 Å². The number of nitrogens with one attached hydrogen (secondary N) is 1. The molecule has 2 nitrogen and oxygen atoms in total. The zero-order valence-corrected chi connectivity index (χ0v) is 11.9. The predicted molar refractivity (Wildman–Crippen MR) is 82.8 cm³/mol. The number of benzene rings is 2. The first kappa shape index (κ1) is 12.8. The van der Waals surface area contributed by atoms with E-state index in [9.17, 15) is 0 Å². The van der Waals surface area contributed by atoms with Crippen LogP contribution in [0.2, 0.25) is 0 Å². The Balaban J connectivity index is 2.18. The molecule has 102 valence electrons. The molecular weight excluding hydrogens is 246 g/mol. The third kappa shape index (κ3) is 2.29. The molecule has 3 rings (SSSR count). The van der Waals surface area contributed by atoms with Gasteiger partial charge >= 0.3 is 0 Å². The van der Waals surface area contributed by atoms with E-state index < -0.39 is 0 Å². The highest BCUT2D eigenvalue weighted by Crippen LogP contribution is 2.16. The van der Waals surface area contributed by atoms with E-state index in [0.29, 0.717) is 6.61 Å². The van der Waals surface area contributed by atoms with Crippen molar-refractivity contribution in [3.8, 4) is 5.75 Å². The summed E-state index contributed by atoms with van der Waals surface area (Å²) in [5, 5.41) is 5.60. The molecule has 0 radical (unpaired) electrons. The van der Waals surface area contributed by atoms with E-state index in [1.807, 2.05) is 7.05 Å². The van der Waals surface area contributed by atoms with Crippen molar-refractivity contribution in [2.75, 3.05) is 7.05 Å². The quantitative estimate of drug-likeness (QED) is 0.898. The standard InChI is InChI=1S/C18H19NO/c1-3-17(19-2)14-8-9-15-10-13-6-4-5-7-16(13)12-20-18(15)11-14/h4-11,19H,3,12H2,1-2H3. The lowest BCUT2D eigenvalue weighted by Gasteiger charge is -2.07. The predicted octanol–water partition coefficient (Wildman–Crippen LogP) is 2.15. The van der Waals surface area contributed by atoms with Gasteiger partial charge in [-0.3, -0.25) is 0 Å². The molecule has 0 fully saturated rings. The average Bonchev–Trinajstić information content (AvgIpc) is 2.67. The summed E-state index contributed by atoms with van der Waals surface area (Å²) in [6.07, 6.45) is 3.19. The summed E-state index contributed by atoms with van der Waals surface area (Å²) in [7, 11) is 1.97. The van der Waals surface area contributed by atoms with Crippen LogP contribution in [-0.2, 0) is 6.61 Å². The van der Waals surface area contributed by atoms with E-state index in [4.69, 9.17) is 4.74 Å². The average molecular weight is 265 g/mol. The lowest BCUT2D eigenvalue weighted by molar-refractivity contribution is 0.305. The highest BCUT2D eigenvalue weighted by atomic mass is 16.5. The van der Waals surface area contributed by atoms with E-state index >= 15 is 0 Å². The summed E-state index contributed by atoms with van der Waals surface area (Å²) in [6, 6.07) is 14.8. The van der Waals surface area contributed by atoms with Crippen molar-refractivity contribution < 1.29 is 4.74 Å². The molecule has 2 aromatic rings. The first-order valence-corrected chi connectivity index (χ1v) is 7.05. The van der Waals surface area contributed by atoms with Crippen molar-refractivity contribution in [3.05, 3.63) is 64.0 Å². The van der Waals surface area contributed by atoms with Crippen LogP contribution in [0.25, 0.3) is 11.8 Å². The second-order valence-electron chi connectivity index (χ2n) is 4.97. The largest absolute Gasteiger partial charge is 0.488 e. The Morgan fingerprint density at radius 3 is 2.85 bits per heavy atom. The van der Waals surface area contributed by atoms with Crippen LogP contribution in [0.1, 0.15) is 24.5 Å². The van der Waals surface area contributed by atoms with Gasteiger partial charge in [-0.15, -0.1) is 0 Å². The van der Waals surface area contributed by atoms with Crippen LogP contribution in [0.4, 0.5) is 0 Å². The molecule has 1 aliphatic heterocycles. The third-order valence-electron chi connectivity index (χ3n) is 3.77. The molecule has 2 heteroatoms. The van der Waals surface area contributed by atoms with Crippen molar-refractivity contribution in [1.82, 2.24) is 5.32 Å². The minimum atomic E-state index is 0.629. The fraction of sp³-hybridized carbons (Fsp3) is 0.222. The molecule has 1 heterocycles. The molecule has 1 aliphatic rings. The van der Waals surface area contributed by atoms with Gasteiger partial charge in [0, 0.05) is 18.0 Å². The zero-order valence-electron chi connectivity index (χ0n) is 11.9. The molecule has 0 atom stereocenters. The van der Waals surface area contributed by atoms with E-state index in [0.717, 1.165) is 17.4 Å². The Labute approximate surface area is 119 Å². The van der Waals surface area contributed by atoms with Crippen LogP contribution in [0.5, 0.6) is 5.75 Å². The molecule has 0 amide bonds. The van der Waals surface area contributed by atoms with Gasteiger partial charge in [0.15, 0.2) is 0 Å². The normalized spacial score (nSPS) is 14.1. The van der Waals surface area contributed by atoms with Gasteiger partial charge in [0.25, 0.3) is 0 Å². The van der Waals surface area contributed by atoms with Gasteiger partial charge in [-0.05, 0) is 34.9 Å². The summed E-state index contributed by atoms with van der Waals surface area (Å²) < 4.78 is 5.98. The molecule has 0 spiro atoms. The maximum atomic E-state index is 5.98. The SMILES string of the molecule is CCC(NC)=c1ccc2c(c1)OCc1ccccc1C=2. The summed E-state index contributed by atoms with van der Waals surface area (Å²) in [5.41, 5.74) is 3.71. The van der Waals surface area contributed by atoms with Crippen LogP contribution in [-0.4, -0.2) is 7.05 Å². The van der Waals surface area contributed by atoms with Gasteiger partial charge < -0.3 is 10.1 Å². The Kier molecular flexibility index (Phi) is 3.46. The number of hydrogen-bond donors (Lipinski definition) is 1. The van der Waals surface area contributed by atoms with Crippen molar-refractivity contribution in [1.29, 1.82) is 0 Å². The molecule has 0 saturated heterocycles. The van der Waals surface area contributed by atoms with E-state index in [-0.39, 0.29) is 0 Å². The maximum Gasteiger partial charge on any atom is 0.127 e. The molecule has 2 aromatic carbocycles. The topological polar surface area (TPSA) is 21.3 Å². The molecule has 0 aliphatic carbocycles. The highest BCUT2D eigenvalue weighted by Gasteiger charge is 2.07. The smallest absolute Gasteiger partial charge is 0.127 e. The Bertz CT molecular complexity index is 740. The summed E-state index contributed by atoms with van der Waals surface area (Å²) in [6.45, 7) is 2.78. The Morgan fingerprint density at radius 1 is 1.20 bits per heavy atom. The van der Waals surface area contributed by atoms with Crippen LogP contribution >= 0.6 is 0 Å². The van der Waals surface area contributed by atoms with E-state index in [2.05, 4.69) is 60.8 Å². The Hall–Kier alpha value is -2.22. The second kappa shape index (κ2) is 5.41. The van der Waals surface area contributed by atoms with Gasteiger partial charge in [0.2, 0.25) is 0 Å². The molecule has 0 bridgehead atoms. The first-order valence-electron chi connectivity index (χ1n) is 7.05. The van der Waals surface area contributed by atoms with Gasteiger partial charge in [-0.25, -0.2) is 0 Å². The molecule has 1 N–H and O–H groups in total. The third-order valence-corrected chi connectivity index (χ3v) is 3.77. The van der Waals surface area contributed by atoms with Crippen molar-refractivity contribution >= 4 is 11.8 Å². The number of ether oxygens (including phenoxy) is 1. The number of rotatable bonds is 2. The monoisotopic (exact) mass is 265 g/mol. The van der Waals surface area contributed by atoms with Gasteiger partial charge in [0.1, 0.15) is 12.4 Å². The minimum absolute atomic E-state index is 0.629. The zero-order chi connectivity index (χ0) is 13.9. The highest BCUT2D eigenvalue weighted by molar-refractivity contribution is 5.57. The fourth-order valence-electron chi connectivity index (χ4n) is 2.62. The second-order valence-corrected chi connectivity index (χ2v) is 4.97. The van der Waals surface area contributed by atoms with Gasteiger partial charge in [-0.1, -0.05) is 43.3 Å². The summed E-state index contributed by atoms with van der Waals surface area (Å²) >= 11 is 0. The maximum absolute atomic E-state index is 5.98. The number of hydrogen-bond acceptors (Lipinski definition) is 2. The molecule has 0 aromatic heterocycles. The van der Waals surface area contributed by atoms with Crippen molar-refractivity contribution in [2.24, 2.45) is 0 Å². The van der Waals surface area contributed by atoms with Crippen LogP contribution in [0.3, 0.4) is 0 Å².